The van der Waals surface area contributed by atoms with Crippen molar-refractivity contribution in [3.8, 4) is 11.5 Å². The van der Waals surface area contributed by atoms with Crippen LogP contribution in [0.1, 0.15) is 5.56 Å². The Bertz CT molecular complexity index is 607. The van der Waals surface area contributed by atoms with Gasteiger partial charge in [0, 0.05) is 23.9 Å². The van der Waals surface area contributed by atoms with Crippen molar-refractivity contribution < 1.29 is 14.3 Å². The molecule has 22 heavy (non-hydrogen) atoms. The van der Waals surface area contributed by atoms with Crippen molar-refractivity contribution in [3.63, 3.8) is 0 Å². The lowest BCUT2D eigenvalue weighted by Gasteiger charge is -2.14. The first-order chi connectivity index (χ1) is 10.6. The molecule has 3 N–H and O–H groups in total. The van der Waals surface area contributed by atoms with Gasteiger partial charge in [-0.1, -0.05) is 30.3 Å². The Morgan fingerprint density at radius 1 is 1.09 bits per heavy atom. The average Bonchev–Trinajstić information content (AvgIpc) is 2.55. The fraction of sp³-hybridized carbons (Fsp3) is 0.235. The highest BCUT2D eigenvalue weighted by Gasteiger charge is 2.15. The minimum Gasteiger partial charge on any atom is -0.497 e. The lowest BCUT2D eigenvalue weighted by Crippen LogP contribution is -2.37. The van der Waals surface area contributed by atoms with E-state index in [1.807, 2.05) is 30.3 Å². The summed E-state index contributed by atoms with van der Waals surface area (Å²) in [5.74, 6) is 0.955. The largest absolute Gasteiger partial charge is 0.497 e. The monoisotopic (exact) mass is 300 g/mol. The van der Waals surface area contributed by atoms with Gasteiger partial charge in [0.25, 0.3) is 0 Å². The molecule has 0 aromatic heterocycles. The van der Waals surface area contributed by atoms with E-state index in [0.717, 1.165) is 5.56 Å². The van der Waals surface area contributed by atoms with Crippen LogP contribution >= 0.6 is 0 Å². The molecule has 0 aliphatic carbocycles. The maximum atomic E-state index is 12.2. The molecular weight excluding hydrogens is 280 g/mol. The SMILES string of the molecule is COc1cc(NC(=O)[C@H](N)Cc2ccccc2)cc(OC)c1. The molecule has 0 saturated carbocycles. The number of hydrogen-bond acceptors (Lipinski definition) is 4. The minimum absolute atomic E-state index is 0.251. The Morgan fingerprint density at radius 3 is 2.23 bits per heavy atom. The van der Waals surface area contributed by atoms with Gasteiger partial charge in [-0.05, 0) is 12.0 Å². The summed E-state index contributed by atoms with van der Waals surface area (Å²) in [6.07, 6.45) is 0.480. The second-order valence-electron chi connectivity index (χ2n) is 4.89. The van der Waals surface area contributed by atoms with Crippen LogP contribution in [0.15, 0.2) is 48.5 Å². The van der Waals surface area contributed by atoms with Gasteiger partial charge < -0.3 is 20.5 Å². The van der Waals surface area contributed by atoms with E-state index in [9.17, 15) is 4.79 Å². The molecule has 0 heterocycles. The van der Waals surface area contributed by atoms with Crippen molar-refractivity contribution in [2.45, 2.75) is 12.5 Å². The number of nitrogens with two attached hydrogens (primary N) is 1. The van der Waals surface area contributed by atoms with Gasteiger partial charge in [-0.2, -0.15) is 0 Å². The van der Waals surface area contributed by atoms with E-state index in [-0.39, 0.29) is 5.91 Å². The summed E-state index contributed by atoms with van der Waals surface area (Å²) in [6, 6.07) is 14.2. The molecule has 116 valence electrons. The van der Waals surface area contributed by atoms with Crippen LogP contribution in [0.3, 0.4) is 0 Å². The number of carbonyl (C=O) groups excluding carboxylic acids is 1. The van der Waals surface area contributed by atoms with Crippen LogP contribution in [-0.4, -0.2) is 26.2 Å². The van der Waals surface area contributed by atoms with Gasteiger partial charge in [-0.25, -0.2) is 0 Å². The summed E-state index contributed by atoms with van der Waals surface area (Å²) in [5.41, 5.74) is 7.57. The number of anilines is 1. The molecule has 2 rings (SSSR count). The van der Waals surface area contributed by atoms with Crippen LogP contribution in [0.5, 0.6) is 11.5 Å². The number of nitrogens with one attached hydrogen (secondary N) is 1. The Hall–Kier alpha value is -2.53. The van der Waals surface area contributed by atoms with Crippen molar-refractivity contribution in [3.05, 3.63) is 54.1 Å². The molecule has 2 aromatic rings. The molecular formula is C17H20N2O3. The molecule has 0 unspecified atom stereocenters. The number of amides is 1. The lowest BCUT2D eigenvalue weighted by molar-refractivity contribution is -0.117. The fourth-order valence-electron chi connectivity index (χ4n) is 2.08. The number of carbonyl (C=O) groups is 1. The molecule has 0 aliphatic rings. The molecule has 2 aromatic carbocycles. The predicted molar refractivity (Wildman–Crippen MR) is 86.3 cm³/mol. The molecule has 0 fully saturated rings. The van der Waals surface area contributed by atoms with Crippen LogP contribution in [0.25, 0.3) is 0 Å². The van der Waals surface area contributed by atoms with E-state index in [2.05, 4.69) is 5.32 Å². The minimum atomic E-state index is -0.625. The van der Waals surface area contributed by atoms with E-state index >= 15 is 0 Å². The molecule has 0 aliphatic heterocycles. The Kier molecular flexibility index (Phi) is 5.38. The van der Waals surface area contributed by atoms with E-state index in [1.165, 1.54) is 0 Å². The first-order valence-electron chi connectivity index (χ1n) is 6.96. The van der Waals surface area contributed by atoms with Crippen LogP contribution < -0.4 is 20.5 Å². The van der Waals surface area contributed by atoms with E-state index in [4.69, 9.17) is 15.2 Å². The van der Waals surface area contributed by atoms with Crippen molar-refractivity contribution in [2.24, 2.45) is 5.73 Å². The normalized spacial score (nSPS) is 11.6. The third-order valence-electron chi connectivity index (χ3n) is 3.25. The van der Waals surface area contributed by atoms with E-state index in [1.54, 1.807) is 32.4 Å². The third-order valence-corrected chi connectivity index (χ3v) is 3.25. The van der Waals surface area contributed by atoms with Gasteiger partial charge in [0.15, 0.2) is 0 Å². The van der Waals surface area contributed by atoms with Crippen LogP contribution in [0.4, 0.5) is 5.69 Å². The Morgan fingerprint density at radius 2 is 1.68 bits per heavy atom. The first-order valence-corrected chi connectivity index (χ1v) is 6.96. The lowest BCUT2D eigenvalue weighted by atomic mass is 10.1. The number of ether oxygens (including phenoxy) is 2. The van der Waals surface area contributed by atoms with Crippen molar-refractivity contribution in [1.29, 1.82) is 0 Å². The average molecular weight is 300 g/mol. The van der Waals surface area contributed by atoms with Crippen molar-refractivity contribution in [1.82, 2.24) is 0 Å². The van der Waals surface area contributed by atoms with Gasteiger partial charge in [0.2, 0.25) is 5.91 Å². The van der Waals surface area contributed by atoms with E-state index < -0.39 is 6.04 Å². The Labute approximate surface area is 130 Å². The van der Waals surface area contributed by atoms with Crippen LogP contribution in [0, 0.1) is 0 Å². The fourth-order valence-corrected chi connectivity index (χ4v) is 2.08. The quantitative estimate of drug-likeness (QED) is 0.858. The van der Waals surface area contributed by atoms with Gasteiger partial charge >= 0.3 is 0 Å². The second-order valence-corrected chi connectivity index (χ2v) is 4.89. The topological polar surface area (TPSA) is 73.6 Å². The number of benzene rings is 2. The van der Waals surface area contributed by atoms with Crippen LogP contribution in [0.2, 0.25) is 0 Å². The summed E-state index contributed by atoms with van der Waals surface area (Å²) < 4.78 is 10.3. The number of hydrogen-bond donors (Lipinski definition) is 2. The Balaban J connectivity index is 2.04. The van der Waals surface area contributed by atoms with Crippen molar-refractivity contribution in [2.75, 3.05) is 19.5 Å². The molecule has 0 bridgehead atoms. The summed E-state index contributed by atoms with van der Waals surface area (Å²) in [6.45, 7) is 0. The molecule has 5 heteroatoms. The standard InChI is InChI=1S/C17H20N2O3/c1-21-14-9-13(10-15(11-14)22-2)19-17(20)16(18)8-12-6-4-3-5-7-12/h3-7,9-11,16H,8,18H2,1-2H3,(H,19,20)/t16-/m1/s1. The maximum Gasteiger partial charge on any atom is 0.241 e. The molecule has 0 saturated heterocycles. The zero-order chi connectivity index (χ0) is 15.9. The van der Waals surface area contributed by atoms with Gasteiger partial charge in [0.1, 0.15) is 11.5 Å². The van der Waals surface area contributed by atoms with E-state index in [0.29, 0.717) is 23.6 Å². The molecule has 0 spiro atoms. The van der Waals surface area contributed by atoms with Gasteiger partial charge in [-0.15, -0.1) is 0 Å². The third kappa shape index (κ3) is 4.23. The first kappa shape index (κ1) is 15.9. The highest BCUT2D eigenvalue weighted by atomic mass is 16.5. The summed E-state index contributed by atoms with van der Waals surface area (Å²) >= 11 is 0. The zero-order valence-corrected chi connectivity index (χ0v) is 12.7. The zero-order valence-electron chi connectivity index (χ0n) is 12.7. The number of rotatable bonds is 6. The summed E-state index contributed by atoms with van der Waals surface area (Å²) in [5, 5.41) is 2.79. The second kappa shape index (κ2) is 7.47. The molecule has 5 nitrogen and oxygen atoms in total. The highest BCUT2D eigenvalue weighted by Crippen LogP contribution is 2.25. The van der Waals surface area contributed by atoms with Crippen molar-refractivity contribution >= 4 is 11.6 Å². The predicted octanol–water partition coefficient (Wildman–Crippen LogP) is 2.21. The molecule has 0 radical (unpaired) electrons. The maximum absolute atomic E-state index is 12.2. The van der Waals surface area contributed by atoms with Gasteiger partial charge in [0.05, 0.1) is 20.3 Å². The van der Waals surface area contributed by atoms with Gasteiger partial charge in [-0.3, -0.25) is 4.79 Å². The van der Waals surface area contributed by atoms with Crippen LogP contribution in [-0.2, 0) is 11.2 Å². The molecule has 1 amide bonds. The highest BCUT2D eigenvalue weighted by molar-refractivity contribution is 5.95. The summed E-state index contributed by atoms with van der Waals surface area (Å²) in [4.78, 5) is 12.2. The number of methoxy groups -OCH3 is 2. The summed E-state index contributed by atoms with van der Waals surface area (Å²) in [7, 11) is 3.11. The smallest absolute Gasteiger partial charge is 0.241 e. The molecule has 1 atom stereocenters.